The van der Waals surface area contributed by atoms with Crippen LogP contribution in [0.5, 0.6) is 0 Å². The fraction of sp³-hybridized carbons (Fsp3) is 0.353. The lowest BCUT2D eigenvalue weighted by Gasteiger charge is -2.20. The van der Waals surface area contributed by atoms with Crippen LogP contribution in [0.1, 0.15) is 31.5 Å². The molecule has 1 atom stereocenters. The molecular formula is C17H19FN4O2. The average molecular weight is 330 g/mol. The number of halogens is 1. The van der Waals surface area contributed by atoms with E-state index in [-0.39, 0.29) is 18.1 Å². The lowest BCUT2D eigenvalue weighted by molar-refractivity contribution is -0.136. The Kier molecular flexibility index (Phi) is 4.09. The molecule has 2 heterocycles. The molecule has 0 unspecified atom stereocenters. The summed E-state index contributed by atoms with van der Waals surface area (Å²) in [4.78, 5) is 18.0. The summed E-state index contributed by atoms with van der Waals surface area (Å²) >= 11 is 0. The molecule has 0 fully saturated rings. The highest BCUT2D eigenvalue weighted by atomic mass is 19.1. The Bertz CT molecular complexity index is 815. The Labute approximate surface area is 139 Å². The first-order chi connectivity index (χ1) is 11.4. The lowest BCUT2D eigenvalue weighted by atomic mass is 9.95. The van der Waals surface area contributed by atoms with Gasteiger partial charge in [-0.25, -0.2) is 9.07 Å². The van der Waals surface area contributed by atoms with Crippen LogP contribution in [0, 0.1) is 12.7 Å². The number of carbonyl (C=O) groups is 1. The fourth-order valence-electron chi connectivity index (χ4n) is 2.62. The molecule has 3 rings (SSSR count). The normalized spacial score (nSPS) is 19.8. The van der Waals surface area contributed by atoms with Gasteiger partial charge in [0.25, 0.3) is 5.91 Å². The third kappa shape index (κ3) is 3.02. The number of oxime groups is 1. The summed E-state index contributed by atoms with van der Waals surface area (Å²) in [6, 6.07) is 7.88. The highest BCUT2D eigenvalue weighted by Gasteiger charge is 2.42. The van der Waals surface area contributed by atoms with Gasteiger partial charge in [-0.05, 0) is 32.9 Å². The summed E-state index contributed by atoms with van der Waals surface area (Å²) in [7, 11) is 0. The van der Waals surface area contributed by atoms with Crippen LogP contribution in [0.25, 0.3) is 0 Å². The smallest absolute Gasteiger partial charge is 0.272 e. The monoisotopic (exact) mass is 330 g/mol. The second-order valence-electron chi connectivity index (χ2n) is 5.99. The Morgan fingerprint density at radius 2 is 2.25 bits per heavy atom. The minimum atomic E-state index is -1.14. The van der Waals surface area contributed by atoms with E-state index in [4.69, 9.17) is 4.84 Å². The second kappa shape index (κ2) is 6.07. The van der Waals surface area contributed by atoms with Gasteiger partial charge in [0.2, 0.25) is 5.60 Å². The lowest BCUT2D eigenvalue weighted by Crippen LogP contribution is -2.40. The average Bonchev–Trinajstić information content (AvgIpc) is 3.11. The number of benzene rings is 1. The maximum Gasteiger partial charge on any atom is 0.272 e. The number of hydrogen-bond acceptors (Lipinski definition) is 4. The molecule has 0 bridgehead atoms. The molecule has 24 heavy (non-hydrogen) atoms. The highest BCUT2D eigenvalue weighted by molar-refractivity contribution is 6.07. The minimum Gasteiger partial charge on any atom is -0.379 e. The van der Waals surface area contributed by atoms with Gasteiger partial charge in [0.05, 0.1) is 11.4 Å². The number of anilines is 1. The van der Waals surface area contributed by atoms with E-state index in [1.807, 2.05) is 13.8 Å². The molecule has 7 heteroatoms. The predicted octanol–water partition coefficient (Wildman–Crippen LogP) is 2.87. The van der Waals surface area contributed by atoms with Gasteiger partial charge >= 0.3 is 0 Å². The molecule has 126 valence electrons. The van der Waals surface area contributed by atoms with Gasteiger partial charge in [0.1, 0.15) is 11.6 Å². The standard InChI is InChI=1S/C17H19FN4O2/c1-4-22-15(8-11(2)20-22)19-16(23)17(3)10-14(21-24-17)12-6-5-7-13(18)9-12/h5-9H,4,10H2,1-3H3,(H,19,23)/t17-/m0/s1. The van der Waals surface area contributed by atoms with Gasteiger partial charge in [-0.3, -0.25) is 4.79 Å². The first kappa shape index (κ1) is 16.2. The summed E-state index contributed by atoms with van der Waals surface area (Å²) in [6.07, 6.45) is 0.265. The van der Waals surface area contributed by atoms with E-state index >= 15 is 0 Å². The van der Waals surface area contributed by atoms with Gasteiger partial charge in [0, 0.05) is 24.6 Å². The Morgan fingerprint density at radius 1 is 1.46 bits per heavy atom. The first-order valence-electron chi connectivity index (χ1n) is 7.78. The highest BCUT2D eigenvalue weighted by Crippen LogP contribution is 2.28. The van der Waals surface area contributed by atoms with E-state index in [0.717, 1.165) is 5.69 Å². The van der Waals surface area contributed by atoms with Crippen molar-refractivity contribution in [2.75, 3.05) is 5.32 Å². The number of carbonyl (C=O) groups excluding carboxylic acids is 1. The Balaban J connectivity index is 1.74. The van der Waals surface area contributed by atoms with Gasteiger partial charge in [-0.2, -0.15) is 5.10 Å². The largest absolute Gasteiger partial charge is 0.379 e. The predicted molar refractivity (Wildman–Crippen MR) is 88.3 cm³/mol. The van der Waals surface area contributed by atoms with Gasteiger partial charge in [0.15, 0.2) is 0 Å². The van der Waals surface area contributed by atoms with Crippen molar-refractivity contribution in [2.45, 2.75) is 39.3 Å². The third-order valence-corrected chi connectivity index (χ3v) is 3.94. The van der Waals surface area contributed by atoms with Crippen molar-refractivity contribution in [2.24, 2.45) is 5.16 Å². The first-order valence-corrected chi connectivity index (χ1v) is 7.78. The molecule has 0 saturated carbocycles. The summed E-state index contributed by atoms with van der Waals surface area (Å²) < 4.78 is 15.1. The van der Waals surface area contributed by atoms with Crippen molar-refractivity contribution in [1.82, 2.24) is 9.78 Å². The number of amides is 1. The van der Waals surface area contributed by atoms with Crippen molar-refractivity contribution < 1.29 is 14.0 Å². The quantitative estimate of drug-likeness (QED) is 0.937. The SMILES string of the molecule is CCn1nc(C)cc1NC(=O)[C@]1(C)CC(c2cccc(F)c2)=NO1. The zero-order valence-electron chi connectivity index (χ0n) is 13.8. The summed E-state index contributed by atoms with van der Waals surface area (Å²) in [6.45, 7) is 6.12. The van der Waals surface area contributed by atoms with E-state index in [2.05, 4.69) is 15.6 Å². The van der Waals surface area contributed by atoms with Gasteiger partial charge in [-0.15, -0.1) is 0 Å². The molecule has 2 aromatic rings. The van der Waals surface area contributed by atoms with E-state index in [1.165, 1.54) is 12.1 Å². The number of hydrogen-bond donors (Lipinski definition) is 1. The van der Waals surface area contributed by atoms with Gasteiger partial charge < -0.3 is 10.2 Å². The summed E-state index contributed by atoms with van der Waals surface area (Å²) in [5, 5.41) is 11.1. The zero-order chi connectivity index (χ0) is 17.3. The van der Waals surface area contributed by atoms with E-state index < -0.39 is 5.60 Å². The van der Waals surface area contributed by atoms with Crippen molar-refractivity contribution >= 4 is 17.4 Å². The van der Waals surface area contributed by atoms with Crippen LogP contribution in [-0.2, 0) is 16.2 Å². The Morgan fingerprint density at radius 3 is 2.96 bits per heavy atom. The molecule has 0 saturated heterocycles. The number of aryl methyl sites for hydroxylation is 2. The number of nitrogens with one attached hydrogen (secondary N) is 1. The topological polar surface area (TPSA) is 68.5 Å². The second-order valence-corrected chi connectivity index (χ2v) is 5.99. The van der Waals surface area contributed by atoms with Crippen LogP contribution in [0.4, 0.5) is 10.2 Å². The number of rotatable bonds is 4. The molecular weight excluding hydrogens is 311 g/mol. The van der Waals surface area contributed by atoms with Crippen LogP contribution < -0.4 is 5.32 Å². The van der Waals surface area contributed by atoms with E-state index in [0.29, 0.717) is 23.6 Å². The number of aromatic nitrogens is 2. The Hall–Kier alpha value is -2.70. The number of nitrogens with zero attached hydrogens (tertiary/aromatic N) is 3. The molecule has 1 aliphatic heterocycles. The molecule has 0 spiro atoms. The minimum absolute atomic E-state index is 0.265. The van der Waals surface area contributed by atoms with Crippen molar-refractivity contribution in [3.05, 3.63) is 47.4 Å². The third-order valence-electron chi connectivity index (χ3n) is 3.94. The molecule has 1 N–H and O–H groups in total. The van der Waals surface area contributed by atoms with Crippen LogP contribution in [0.2, 0.25) is 0 Å². The van der Waals surface area contributed by atoms with Crippen LogP contribution in [-0.4, -0.2) is 27.0 Å². The molecule has 0 aliphatic carbocycles. The summed E-state index contributed by atoms with van der Waals surface area (Å²) in [5.41, 5.74) is 0.841. The maximum absolute atomic E-state index is 13.4. The van der Waals surface area contributed by atoms with Crippen molar-refractivity contribution in [1.29, 1.82) is 0 Å². The maximum atomic E-state index is 13.4. The molecule has 1 amide bonds. The van der Waals surface area contributed by atoms with Crippen LogP contribution >= 0.6 is 0 Å². The zero-order valence-corrected chi connectivity index (χ0v) is 13.8. The fourth-order valence-corrected chi connectivity index (χ4v) is 2.62. The molecule has 1 aliphatic rings. The van der Waals surface area contributed by atoms with E-state index in [9.17, 15) is 9.18 Å². The van der Waals surface area contributed by atoms with Crippen molar-refractivity contribution in [3.8, 4) is 0 Å². The van der Waals surface area contributed by atoms with E-state index in [1.54, 1.807) is 29.8 Å². The van der Waals surface area contributed by atoms with Crippen LogP contribution in [0.3, 0.4) is 0 Å². The van der Waals surface area contributed by atoms with Gasteiger partial charge in [-0.1, -0.05) is 17.3 Å². The van der Waals surface area contributed by atoms with Crippen molar-refractivity contribution in [3.63, 3.8) is 0 Å². The molecule has 6 nitrogen and oxygen atoms in total. The molecule has 1 aromatic carbocycles. The summed E-state index contributed by atoms with van der Waals surface area (Å²) in [5.74, 6) is -0.0492. The molecule has 0 radical (unpaired) electrons. The van der Waals surface area contributed by atoms with Crippen LogP contribution in [0.15, 0.2) is 35.5 Å². The molecule has 1 aromatic heterocycles.